The van der Waals surface area contributed by atoms with Crippen molar-refractivity contribution in [3.8, 4) is 0 Å². The van der Waals surface area contributed by atoms with Gasteiger partial charge in [0.25, 0.3) is 0 Å². The van der Waals surface area contributed by atoms with Crippen molar-refractivity contribution in [1.82, 2.24) is 0 Å². The zero-order valence-electron chi connectivity index (χ0n) is 9.11. The molecule has 0 spiro atoms. The van der Waals surface area contributed by atoms with Crippen LogP contribution in [0.5, 0.6) is 0 Å². The van der Waals surface area contributed by atoms with E-state index in [1.807, 2.05) is 13.0 Å². The van der Waals surface area contributed by atoms with E-state index in [4.69, 9.17) is 11.6 Å². The second kappa shape index (κ2) is 4.26. The molecular formula is C11H14ClNO2S. The van der Waals surface area contributed by atoms with Crippen molar-refractivity contribution < 1.29 is 8.42 Å². The normalized spacial score (nSPS) is 15.2. The number of hydrogen-bond donors (Lipinski definition) is 0. The largest absolute Gasteiger partial charge is 0.270 e. The van der Waals surface area contributed by atoms with Crippen LogP contribution in [0.1, 0.15) is 18.9 Å². The van der Waals surface area contributed by atoms with E-state index in [-0.39, 0.29) is 5.75 Å². The quantitative estimate of drug-likeness (QED) is 0.836. The molecular weight excluding hydrogens is 246 g/mol. The Hall–Kier alpha value is -0.740. The third-order valence-electron chi connectivity index (χ3n) is 2.69. The Kier molecular flexibility index (Phi) is 3.13. The van der Waals surface area contributed by atoms with Crippen molar-refractivity contribution >= 4 is 27.3 Å². The minimum absolute atomic E-state index is 0.203. The summed E-state index contributed by atoms with van der Waals surface area (Å²) < 4.78 is 25.4. The maximum atomic E-state index is 12.0. The summed E-state index contributed by atoms with van der Waals surface area (Å²) in [5.41, 5.74) is 1.81. The van der Waals surface area contributed by atoms with Crippen molar-refractivity contribution in [2.75, 3.05) is 16.6 Å². The summed E-state index contributed by atoms with van der Waals surface area (Å²) in [5, 5.41) is 0.661. The van der Waals surface area contributed by atoms with Crippen LogP contribution >= 0.6 is 11.6 Å². The van der Waals surface area contributed by atoms with Crippen LogP contribution in [0.3, 0.4) is 0 Å². The number of anilines is 1. The molecule has 88 valence electrons. The molecule has 1 aromatic rings. The second-order valence-corrected chi connectivity index (χ2v) is 6.36. The minimum atomic E-state index is -3.15. The molecule has 0 atom stereocenters. The van der Waals surface area contributed by atoms with Crippen LogP contribution in [0.2, 0.25) is 5.02 Å². The molecule has 1 aromatic carbocycles. The van der Waals surface area contributed by atoms with E-state index in [1.165, 1.54) is 4.31 Å². The molecule has 0 unspecified atom stereocenters. The number of sulfonamides is 1. The van der Waals surface area contributed by atoms with Gasteiger partial charge in [0.2, 0.25) is 10.0 Å². The first kappa shape index (κ1) is 11.7. The highest BCUT2D eigenvalue weighted by Gasteiger charge is 2.28. The third kappa shape index (κ3) is 2.04. The molecule has 0 saturated carbocycles. The molecule has 2 rings (SSSR count). The number of fused-ring (bicyclic) bond motifs is 1. The van der Waals surface area contributed by atoms with Crippen molar-refractivity contribution in [3.05, 3.63) is 28.8 Å². The molecule has 5 heteroatoms. The summed E-state index contributed by atoms with van der Waals surface area (Å²) in [7, 11) is -3.15. The molecule has 1 aliphatic rings. The second-order valence-electron chi connectivity index (χ2n) is 3.91. The van der Waals surface area contributed by atoms with Crippen LogP contribution in [0, 0.1) is 0 Å². The van der Waals surface area contributed by atoms with Gasteiger partial charge in [0.05, 0.1) is 11.4 Å². The molecule has 3 nitrogen and oxygen atoms in total. The Morgan fingerprint density at radius 1 is 1.44 bits per heavy atom. The van der Waals surface area contributed by atoms with Crippen molar-refractivity contribution in [2.45, 2.75) is 19.8 Å². The molecule has 0 bridgehead atoms. The fourth-order valence-corrected chi connectivity index (χ4v) is 3.78. The SMILES string of the molecule is CCCS(=O)(=O)N1CCc2cc(Cl)ccc21. The van der Waals surface area contributed by atoms with Crippen LogP contribution in [0.15, 0.2) is 18.2 Å². The summed E-state index contributed by atoms with van der Waals surface area (Å²) in [6.45, 7) is 2.41. The molecule has 0 aromatic heterocycles. The van der Waals surface area contributed by atoms with Crippen LogP contribution in [0.25, 0.3) is 0 Å². The lowest BCUT2D eigenvalue weighted by Crippen LogP contribution is -2.31. The molecule has 0 amide bonds. The number of benzene rings is 1. The topological polar surface area (TPSA) is 37.4 Å². The monoisotopic (exact) mass is 259 g/mol. The van der Waals surface area contributed by atoms with Gasteiger partial charge in [-0.05, 0) is 36.6 Å². The highest BCUT2D eigenvalue weighted by Crippen LogP contribution is 2.32. The fourth-order valence-electron chi connectivity index (χ4n) is 2.00. The zero-order chi connectivity index (χ0) is 11.8. The third-order valence-corrected chi connectivity index (χ3v) is 4.90. The summed E-state index contributed by atoms with van der Waals surface area (Å²) in [6.07, 6.45) is 1.39. The number of halogens is 1. The highest BCUT2D eigenvalue weighted by atomic mass is 35.5. The predicted octanol–water partition coefficient (Wildman–Crippen LogP) is 2.44. The van der Waals surface area contributed by atoms with E-state index in [0.717, 1.165) is 17.7 Å². The summed E-state index contributed by atoms with van der Waals surface area (Å²) in [5.74, 6) is 0.203. The maximum absolute atomic E-state index is 12.0. The van der Waals surface area contributed by atoms with Crippen molar-refractivity contribution in [1.29, 1.82) is 0 Å². The molecule has 1 aliphatic heterocycles. The molecule has 0 radical (unpaired) electrons. The molecule has 1 heterocycles. The first-order valence-corrected chi connectivity index (χ1v) is 7.32. The summed E-state index contributed by atoms with van der Waals surface area (Å²) in [4.78, 5) is 0. The molecule has 0 aliphatic carbocycles. The first-order chi connectivity index (χ1) is 7.54. The summed E-state index contributed by atoms with van der Waals surface area (Å²) in [6, 6.07) is 5.37. The van der Waals surface area contributed by atoms with Gasteiger partial charge in [0.15, 0.2) is 0 Å². The Morgan fingerprint density at radius 2 is 2.19 bits per heavy atom. The van der Waals surface area contributed by atoms with Crippen LogP contribution in [-0.4, -0.2) is 20.7 Å². The number of rotatable bonds is 3. The van der Waals surface area contributed by atoms with Crippen molar-refractivity contribution in [2.24, 2.45) is 0 Å². The molecule has 0 N–H and O–H groups in total. The van der Waals surface area contributed by atoms with Gasteiger partial charge >= 0.3 is 0 Å². The van der Waals surface area contributed by atoms with Gasteiger partial charge in [-0.3, -0.25) is 4.31 Å². The van der Waals surface area contributed by atoms with E-state index < -0.39 is 10.0 Å². The maximum Gasteiger partial charge on any atom is 0.235 e. The van der Waals surface area contributed by atoms with Crippen LogP contribution < -0.4 is 4.31 Å². The van der Waals surface area contributed by atoms with E-state index in [2.05, 4.69) is 0 Å². The lowest BCUT2D eigenvalue weighted by Gasteiger charge is -2.18. The Labute approximate surface area is 101 Å². The van der Waals surface area contributed by atoms with Gasteiger partial charge in [-0.1, -0.05) is 18.5 Å². The Bertz CT molecular complexity index is 499. The molecule has 16 heavy (non-hydrogen) atoms. The predicted molar refractivity (Wildman–Crippen MR) is 66.6 cm³/mol. The van der Waals surface area contributed by atoms with E-state index in [0.29, 0.717) is 18.0 Å². The highest BCUT2D eigenvalue weighted by molar-refractivity contribution is 7.92. The Balaban J connectivity index is 2.37. The van der Waals surface area contributed by atoms with E-state index in [9.17, 15) is 8.42 Å². The smallest absolute Gasteiger partial charge is 0.235 e. The number of hydrogen-bond acceptors (Lipinski definition) is 2. The van der Waals surface area contributed by atoms with Crippen molar-refractivity contribution in [3.63, 3.8) is 0 Å². The van der Waals surface area contributed by atoms with Gasteiger partial charge in [-0.25, -0.2) is 8.42 Å². The molecule has 0 fully saturated rings. The van der Waals surface area contributed by atoms with Gasteiger partial charge in [-0.2, -0.15) is 0 Å². The Morgan fingerprint density at radius 3 is 2.88 bits per heavy atom. The number of nitrogens with zero attached hydrogens (tertiary/aromatic N) is 1. The van der Waals surface area contributed by atoms with Crippen LogP contribution in [-0.2, 0) is 16.4 Å². The standard InChI is InChI=1S/C11H14ClNO2S/c1-2-7-16(14,15)13-6-5-9-8-10(12)3-4-11(9)13/h3-4,8H,2,5-7H2,1H3. The van der Waals surface area contributed by atoms with E-state index in [1.54, 1.807) is 12.1 Å². The van der Waals surface area contributed by atoms with Gasteiger partial charge in [0, 0.05) is 11.6 Å². The zero-order valence-corrected chi connectivity index (χ0v) is 10.7. The average Bonchev–Trinajstić information content (AvgIpc) is 2.60. The lowest BCUT2D eigenvalue weighted by molar-refractivity contribution is 0.591. The van der Waals surface area contributed by atoms with Gasteiger partial charge in [0.1, 0.15) is 0 Å². The lowest BCUT2D eigenvalue weighted by atomic mass is 10.2. The average molecular weight is 260 g/mol. The fraction of sp³-hybridized carbons (Fsp3) is 0.455. The van der Waals surface area contributed by atoms with Gasteiger partial charge in [-0.15, -0.1) is 0 Å². The molecule has 0 saturated heterocycles. The first-order valence-electron chi connectivity index (χ1n) is 5.33. The minimum Gasteiger partial charge on any atom is -0.270 e. The van der Waals surface area contributed by atoms with Crippen LogP contribution in [0.4, 0.5) is 5.69 Å². The van der Waals surface area contributed by atoms with Gasteiger partial charge < -0.3 is 0 Å². The summed E-state index contributed by atoms with van der Waals surface area (Å²) >= 11 is 5.88. The van der Waals surface area contributed by atoms with E-state index >= 15 is 0 Å².